The van der Waals surface area contributed by atoms with Crippen molar-refractivity contribution >= 4 is 23.5 Å². The Bertz CT molecular complexity index is 605. The van der Waals surface area contributed by atoms with Crippen molar-refractivity contribution in [1.29, 1.82) is 0 Å². The molecular weight excluding hydrogens is 276 g/mol. The lowest BCUT2D eigenvalue weighted by molar-refractivity contribution is -0.148. The van der Waals surface area contributed by atoms with E-state index < -0.39 is 23.3 Å². The fourth-order valence-electron chi connectivity index (χ4n) is 2.66. The number of barbiturate groups is 1. The number of imide groups is 2. The molecule has 1 aromatic heterocycles. The highest BCUT2D eigenvalue weighted by Crippen LogP contribution is 2.45. The van der Waals surface area contributed by atoms with Crippen molar-refractivity contribution < 1.29 is 19.1 Å². The van der Waals surface area contributed by atoms with Gasteiger partial charge in [-0.15, -0.1) is 0 Å². The zero-order valence-corrected chi connectivity index (χ0v) is 11.7. The van der Waals surface area contributed by atoms with Crippen LogP contribution in [0, 0.1) is 5.41 Å². The Balaban J connectivity index is 1.86. The first-order chi connectivity index (χ1) is 10.1. The van der Waals surface area contributed by atoms with Crippen LogP contribution in [0.4, 0.5) is 10.5 Å². The van der Waals surface area contributed by atoms with Crippen molar-refractivity contribution in [3.05, 3.63) is 12.4 Å². The number of methoxy groups -OCH3 is 1. The minimum Gasteiger partial charge on any atom is -0.383 e. The number of amides is 4. The van der Waals surface area contributed by atoms with Crippen molar-refractivity contribution in [3.63, 3.8) is 0 Å². The van der Waals surface area contributed by atoms with E-state index in [-0.39, 0.29) is 0 Å². The Morgan fingerprint density at radius 3 is 2.76 bits per heavy atom. The lowest BCUT2D eigenvalue weighted by Crippen LogP contribution is -2.66. The molecule has 0 radical (unpaired) electrons. The van der Waals surface area contributed by atoms with Gasteiger partial charge in [0.2, 0.25) is 5.91 Å². The van der Waals surface area contributed by atoms with Crippen molar-refractivity contribution in [2.24, 2.45) is 5.41 Å². The maximum atomic E-state index is 12.6. The molecule has 21 heavy (non-hydrogen) atoms. The molecule has 8 heteroatoms. The summed E-state index contributed by atoms with van der Waals surface area (Å²) < 4.78 is 6.54. The number of aromatic nitrogens is 2. The van der Waals surface area contributed by atoms with E-state index in [9.17, 15) is 14.4 Å². The minimum atomic E-state index is -1.07. The largest absolute Gasteiger partial charge is 0.383 e. The van der Waals surface area contributed by atoms with E-state index in [2.05, 4.69) is 10.4 Å². The molecule has 0 bridgehead atoms. The highest BCUT2D eigenvalue weighted by Gasteiger charge is 2.57. The van der Waals surface area contributed by atoms with Gasteiger partial charge in [0.1, 0.15) is 5.41 Å². The second-order valence-corrected chi connectivity index (χ2v) is 5.29. The number of rotatable bonds is 4. The standard InChI is InChI=1S/C13H16N4O4/c1-21-6-5-16-8-9(7-14-16)17-11(19)13(3-2-4-13)10(18)15-12(17)20/h7-8H,2-6H2,1H3,(H,15,18,20). The molecule has 2 heterocycles. The molecule has 0 unspecified atom stereocenters. The summed E-state index contributed by atoms with van der Waals surface area (Å²) in [5, 5.41) is 6.36. The Kier molecular flexibility index (Phi) is 3.25. The topological polar surface area (TPSA) is 93.5 Å². The maximum absolute atomic E-state index is 12.6. The average Bonchev–Trinajstić information content (AvgIpc) is 2.82. The summed E-state index contributed by atoms with van der Waals surface area (Å²) in [4.78, 5) is 37.5. The Hall–Kier alpha value is -2.22. The molecule has 1 saturated heterocycles. The van der Waals surface area contributed by atoms with Crippen LogP contribution in [0.25, 0.3) is 0 Å². The van der Waals surface area contributed by atoms with Crippen LogP contribution >= 0.6 is 0 Å². The third-order valence-corrected chi connectivity index (χ3v) is 4.08. The number of urea groups is 1. The second kappa shape index (κ2) is 4.96. The van der Waals surface area contributed by atoms with Gasteiger partial charge in [0.25, 0.3) is 5.91 Å². The van der Waals surface area contributed by atoms with Crippen LogP contribution in [0.2, 0.25) is 0 Å². The van der Waals surface area contributed by atoms with Gasteiger partial charge < -0.3 is 4.74 Å². The van der Waals surface area contributed by atoms with Crippen LogP contribution < -0.4 is 10.2 Å². The van der Waals surface area contributed by atoms with E-state index >= 15 is 0 Å². The van der Waals surface area contributed by atoms with E-state index in [0.29, 0.717) is 31.7 Å². The summed E-state index contributed by atoms with van der Waals surface area (Å²) in [6, 6.07) is -0.714. The first-order valence-electron chi connectivity index (χ1n) is 6.80. The third kappa shape index (κ3) is 2.02. The molecule has 2 fully saturated rings. The molecule has 1 saturated carbocycles. The molecule has 0 aromatic carbocycles. The fourth-order valence-corrected chi connectivity index (χ4v) is 2.66. The molecule has 1 N–H and O–H groups in total. The van der Waals surface area contributed by atoms with Gasteiger partial charge in [-0.1, -0.05) is 6.42 Å². The van der Waals surface area contributed by atoms with Gasteiger partial charge in [-0.25, -0.2) is 9.69 Å². The van der Waals surface area contributed by atoms with Gasteiger partial charge in [0, 0.05) is 13.3 Å². The van der Waals surface area contributed by atoms with Crippen LogP contribution in [-0.4, -0.2) is 41.3 Å². The first-order valence-corrected chi connectivity index (χ1v) is 6.80. The van der Waals surface area contributed by atoms with Crippen LogP contribution in [0.3, 0.4) is 0 Å². The van der Waals surface area contributed by atoms with Crippen LogP contribution in [0.5, 0.6) is 0 Å². The fraction of sp³-hybridized carbons (Fsp3) is 0.538. The number of ether oxygens (including phenoxy) is 1. The lowest BCUT2D eigenvalue weighted by atomic mass is 9.66. The predicted octanol–water partition coefficient (Wildman–Crippen LogP) is 0.283. The van der Waals surface area contributed by atoms with Crippen molar-refractivity contribution in [2.75, 3.05) is 18.6 Å². The summed E-state index contributed by atoms with van der Waals surface area (Å²) in [6.45, 7) is 0.994. The van der Waals surface area contributed by atoms with Gasteiger partial charge in [-0.05, 0) is 12.8 Å². The molecule has 1 aromatic rings. The van der Waals surface area contributed by atoms with Crippen molar-refractivity contribution in [1.82, 2.24) is 15.1 Å². The number of carbonyl (C=O) groups excluding carboxylic acids is 3. The van der Waals surface area contributed by atoms with Gasteiger partial charge in [-0.3, -0.25) is 19.6 Å². The quantitative estimate of drug-likeness (QED) is 0.805. The summed E-state index contributed by atoms with van der Waals surface area (Å²) in [6.07, 6.45) is 4.82. The first kappa shape index (κ1) is 13.7. The molecule has 3 rings (SSSR count). The third-order valence-electron chi connectivity index (χ3n) is 4.08. The number of carbonyl (C=O) groups is 3. The predicted molar refractivity (Wildman–Crippen MR) is 71.4 cm³/mol. The van der Waals surface area contributed by atoms with E-state index in [1.54, 1.807) is 18.0 Å². The van der Waals surface area contributed by atoms with E-state index in [4.69, 9.17) is 4.74 Å². The molecule has 0 atom stereocenters. The highest BCUT2D eigenvalue weighted by molar-refractivity contribution is 6.30. The van der Waals surface area contributed by atoms with Crippen LogP contribution in [-0.2, 0) is 20.9 Å². The van der Waals surface area contributed by atoms with Crippen molar-refractivity contribution in [2.45, 2.75) is 25.8 Å². The summed E-state index contributed by atoms with van der Waals surface area (Å²) in [5.41, 5.74) is -0.699. The van der Waals surface area contributed by atoms with E-state index in [0.717, 1.165) is 11.3 Å². The Labute approximate surface area is 121 Å². The lowest BCUT2D eigenvalue weighted by Gasteiger charge is -2.44. The maximum Gasteiger partial charge on any atom is 0.335 e. The number of nitrogens with zero attached hydrogens (tertiary/aromatic N) is 3. The molecule has 112 valence electrons. The molecule has 2 aliphatic rings. The highest BCUT2D eigenvalue weighted by atomic mass is 16.5. The second-order valence-electron chi connectivity index (χ2n) is 5.29. The normalized spacial score (nSPS) is 20.6. The molecule has 1 aliphatic heterocycles. The van der Waals surface area contributed by atoms with Gasteiger partial charge >= 0.3 is 6.03 Å². The SMILES string of the molecule is COCCn1cc(N2C(=O)NC(=O)C3(CCC3)C2=O)cn1. The molecule has 4 amide bonds. The zero-order valence-electron chi connectivity index (χ0n) is 11.7. The molecule has 8 nitrogen and oxygen atoms in total. The molecule has 1 spiro atoms. The number of nitrogens with one attached hydrogen (secondary N) is 1. The Morgan fingerprint density at radius 2 is 2.14 bits per heavy atom. The summed E-state index contributed by atoms with van der Waals surface area (Å²) >= 11 is 0. The van der Waals surface area contributed by atoms with E-state index in [1.807, 2.05) is 0 Å². The van der Waals surface area contributed by atoms with Crippen LogP contribution in [0.1, 0.15) is 19.3 Å². The van der Waals surface area contributed by atoms with Crippen LogP contribution in [0.15, 0.2) is 12.4 Å². The zero-order chi connectivity index (χ0) is 15.0. The molecule has 1 aliphatic carbocycles. The average molecular weight is 292 g/mol. The van der Waals surface area contributed by atoms with Gasteiger partial charge in [0.15, 0.2) is 0 Å². The van der Waals surface area contributed by atoms with Gasteiger partial charge in [0.05, 0.1) is 25.0 Å². The minimum absolute atomic E-state index is 0.368. The monoisotopic (exact) mass is 292 g/mol. The summed E-state index contributed by atoms with van der Waals surface area (Å²) in [5.74, 6) is -0.930. The smallest absolute Gasteiger partial charge is 0.335 e. The molecular formula is C13H16N4O4. The summed E-state index contributed by atoms with van der Waals surface area (Å²) in [7, 11) is 1.58. The van der Waals surface area contributed by atoms with Crippen molar-refractivity contribution in [3.8, 4) is 0 Å². The van der Waals surface area contributed by atoms with E-state index in [1.165, 1.54) is 6.20 Å². The number of anilines is 1. The number of hydrogen-bond donors (Lipinski definition) is 1. The Morgan fingerprint density at radius 1 is 1.38 bits per heavy atom. The van der Waals surface area contributed by atoms with Gasteiger partial charge in [-0.2, -0.15) is 5.10 Å². The number of hydrogen-bond acceptors (Lipinski definition) is 5.